The lowest BCUT2D eigenvalue weighted by Crippen LogP contribution is -2.60. The third-order valence-electron chi connectivity index (χ3n) is 5.88. The van der Waals surface area contributed by atoms with Crippen LogP contribution in [0, 0.1) is 5.41 Å². The van der Waals surface area contributed by atoms with Crippen LogP contribution >= 0.6 is 0 Å². The fraction of sp³-hybridized carbons (Fsp3) is 0.360. The van der Waals surface area contributed by atoms with Crippen LogP contribution < -0.4 is 5.32 Å². The summed E-state index contributed by atoms with van der Waals surface area (Å²) in [7, 11) is 1.25. The summed E-state index contributed by atoms with van der Waals surface area (Å²) >= 11 is 0. The molecule has 1 amide bonds. The highest BCUT2D eigenvalue weighted by molar-refractivity contribution is 5.81. The number of aryl methyl sites for hydroxylation is 1. The zero-order valence-corrected chi connectivity index (χ0v) is 17.9. The molecule has 2 N–H and O–H groups in total. The van der Waals surface area contributed by atoms with Crippen LogP contribution in [0.25, 0.3) is 6.08 Å². The molecule has 1 heterocycles. The highest BCUT2D eigenvalue weighted by atomic mass is 16.6. The number of cyclic esters (lactones) is 1. The van der Waals surface area contributed by atoms with Crippen molar-refractivity contribution in [1.29, 1.82) is 0 Å². The molecule has 3 rings (SSSR count). The third-order valence-corrected chi connectivity index (χ3v) is 5.88. The van der Waals surface area contributed by atoms with Gasteiger partial charge in [-0.15, -0.1) is 0 Å². The number of aliphatic hydroxyl groups is 1. The van der Waals surface area contributed by atoms with Gasteiger partial charge in [-0.1, -0.05) is 72.8 Å². The van der Waals surface area contributed by atoms with E-state index in [0.29, 0.717) is 12.8 Å². The first-order valence-corrected chi connectivity index (χ1v) is 10.4. The Morgan fingerprint density at radius 2 is 1.87 bits per heavy atom. The number of aliphatic hydroxyl groups excluding tert-OH is 1. The van der Waals surface area contributed by atoms with Crippen molar-refractivity contribution in [3.63, 3.8) is 0 Å². The normalized spacial score (nSPS) is 24.4. The summed E-state index contributed by atoms with van der Waals surface area (Å²) in [6.07, 6.45) is 3.11. The summed E-state index contributed by atoms with van der Waals surface area (Å²) in [4.78, 5) is 25.0. The van der Waals surface area contributed by atoms with Crippen molar-refractivity contribution < 1.29 is 24.2 Å². The number of alkyl carbamates (subject to hydrolysis) is 1. The molecule has 1 aliphatic heterocycles. The molecule has 0 aromatic heterocycles. The van der Waals surface area contributed by atoms with Crippen molar-refractivity contribution in [3.8, 4) is 0 Å². The molecule has 0 spiro atoms. The van der Waals surface area contributed by atoms with Gasteiger partial charge in [-0.3, -0.25) is 4.79 Å². The summed E-state index contributed by atoms with van der Waals surface area (Å²) in [6.45, 7) is 1.61. The highest BCUT2D eigenvalue weighted by Gasteiger charge is 2.53. The van der Waals surface area contributed by atoms with Crippen LogP contribution in [-0.2, 0) is 20.7 Å². The van der Waals surface area contributed by atoms with E-state index >= 15 is 0 Å². The zero-order chi connectivity index (χ0) is 22.3. The van der Waals surface area contributed by atoms with Crippen molar-refractivity contribution >= 4 is 18.1 Å². The van der Waals surface area contributed by atoms with Crippen molar-refractivity contribution in [2.75, 3.05) is 7.11 Å². The van der Waals surface area contributed by atoms with Crippen LogP contribution in [-0.4, -0.2) is 42.5 Å². The number of hydrogen-bond donors (Lipinski definition) is 2. The number of rotatable bonds is 7. The molecule has 164 valence electrons. The molecular weight excluding hydrogens is 394 g/mol. The van der Waals surface area contributed by atoms with Crippen LogP contribution in [0.4, 0.5) is 4.79 Å². The van der Waals surface area contributed by atoms with Gasteiger partial charge in [0.25, 0.3) is 0 Å². The van der Waals surface area contributed by atoms with Gasteiger partial charge in [0.2, 0.25) is 0 Å². The molecule has 0 radical (unpaired) electrons. The fourth-order valence-corrected chi connectivity index (χ4v) is 3.79. The average molecular weight is 424 g/mol. The standard InChI is InChI=1S/C25H29NO5/c1-25(21(26-24(29)30-2)16-14-19-11-7-4-8-12-19)22(27)17-20(31-23(25)28)15-13-18-9-5-3-6-10-18/h3-12,14,16,20-22,27H,13,15,17H2,1-2H3,(H,26,29). The molecule has 1 saturated heterocycles. The van der Waals surface area contributed by atoms with Crippen molar-refractivity contribution in [1.82, 2.24) is 5.32 Å². The van der Waals surface area contributed by atoms with Gasteiger partial charge in [0.05, 0.1) is 19.3 Å². The van der Waals surface area contributed by atoms with Gasteiger partial charge < -0.3 is 19.9 Å². The molecule has 6 nitrogen and oxygen atoms in total. The number of esters is 1. The molecule has 0 bridgehead atoms. The first kappa shape index (κ1) is 22.6. The summed E-state index contributed by atoms with van der Waals surface area (Å²) in [5.74, 6) is -0.538. The fourth-order valence-electron chi connectivity index (χ4n) is 3.79. The molecule has 1 fully saturated rings. The zero-order valence-electron chi connectivity index (χ0n) is 17.9. The average Bonchev–Trinajstić information content (AvgIpc) is 2.79. The van der Waals surface area contributed by atoms with E-state index in [1.165, 1.54) is 7.11 Å². The van der Waals surface area contributed by atoms with Crippen LogP contribution in [0.1, 0.15) is 30.9 Å². The van der Waals surface area contributed by atoms with Crippen LogP contribution in [0.3, 0.4) is 0 Å². The Morgan fingerprint density at radius 1 is 1.23 bits per heavy atom. The predicted molar refractivity (Wildman–Crippen MR) is 118 cm³/mol. The minimum Gasteiger partial charge on any atom is -0.462 e. The quantitative estimate of drug-likeness (QED) is 0.663. The monoisotopic (exact) mass is 423 g/mol. The Labute approximate surface area is 182 Å². The van der Waals surface area contributed by atoms with Crippen LogP contribution in [0.2, 0.25) is 0 Å². The van der Waals surface area contributed by atoms with E-state index < -0.39 is 29.6 Å². The molecule has 4 unspecified atom stereocenters. The maximum absolute atomic E-state index is 13.1. The third kappa shape index (κ3) is 5.52. The smallest absolute Gasteiger partial charge is 0.407 e. The Hall–Kier alpha value is -3.12. The van der Waals surface area contributed by atoms with E-state index in [9.17, 15) is 14.7 Å². The second-order valence-corrected chi connectivity index (χ2v) is 7.97. The van der Waals surface area contributed by atoms with Gasteiger partial charge >= 0.3 is 12.1 Å². The Balaban J connectivity index is 1.75. The van der Waals surface area contributed by atoms with E-state index in [-0.39, 0.29) is 6.10 Å². The maximum atomic E-state index is 13.1. The Kier molecular flexibility index (Phi) is 7.47. The summed E-state index contributed by atoms with van der Waals surface area (Å²) in [6, 6.07) is 18.6. The van der Waals surface area contributed by atoms with Crippen molar-refractivity contribution in [2.24, 2.45) is 5.41 Å². The summed E-state index contributed by atoms with van der Waals surface area (Å²) < 4.78 is 10.4. The molecule has 31 heavy (non-hydrogen) atoms. The maximum Gasteiger partial charge on any atom is 0.407 e. The minimum atomic E-state index is -1.34. The number of carbonyl (C=O) groups is 2. The van der Waals surface area contributed by atoms with Crippen molar-refractivity contribution in [3.05, 3.63) is 77.9 Å². The lowest BCUT2D eigenvalue weighted by molar-refractivity contribution is -0.185. The van der Waals surface area contributed by atoms with Gasteiger partial charge in [0.15, 0.2) is 0 Å². The number of methoxy groups -OCH3 is 1. The largest absolute Gasteiger partial charge is 0.462 e. The Bertz CT molecular complexity index is 899. The first-order valence-electron chi connectivity index (χ1n) is 10.4. The second kappa shape index (κ2) is 10.3. The van der Waals surface area contributed by atoms with Crippen LogP contribution in [0.15, 0.2) is 66.7 Å². The molecular formula is C25H29NO5. The number of carbonyl (C=O) groups excluding carboxylic acids is 2. The Morgan fingerprint density at radius 3 is 2.48 bits per heavy atom. The lowest BCUT2D eigenvalue weighted by Gasteiger charge is -2.43. The van der Waals surface area contributed by atoms with E-state index in [2.05, 4.69) is 5.32 Å². The first-order chi connectivity index (χ1) is 14.9. The van der Waals surface area contributed by atoms with Gasteiger partial charge in [0, 0.05) is 6.42 Å². The van der Waals surface area contributed by atoms with E-state index in [1.807, 2.05) is 60.7 Å². The molecule has 6 heteroatoms. The lowest BCUT2D eigenvalue weighted by atomic mass is 9.72. The number of benzene rings is 2. The summed E-state index contributed by atoms with van der Waals surface area (Å²) in [5, 5.41) is 13.7. The van der Waals surface area contributed by atoms with E-state index in [4.69, 9.17) is 9.47 Å². The van der Waals surface area contributed by atoms with E-state index in [1.54, 1.807) is 19.1 Å². The molecule has 0 saturated carbocycles. The van der Waals surface area contributed by atoms with Crippen LogP contribution in [0.5, 0.6) is 0 Å². The van der Waals surface area contributed by atoms with Crippen molar-refractivity contribution in [2.45, 2.75) is 44.4 Å². The van der Waals surface area contributed by atoms with Gasteiger partial charge in [-0.05, 0) is 30.9 Å². The molecule has 0 aliphatic carbocycles. The summed E-state index contributed by atoms with van der Waals surface area (Å²) in [5.41, 5.74) is 0.711. The number of amides is 1. The SMILES string of the molecule is COC(=O)NC(C=Cc1ccccc1)C1(C)C(=O)OC(CCc2ccccc2)CC1O. The molecule has 2 aromatic carbocycles. The highest BCUT2D eigenvalue weighted by Crippen LogP contribution is 2.38. The van der Waals surface area contributed by atoms with E-state index in [0.717, 1.165) is 17.5 Å². The second-order valence-electron chi connectivity index (χ2n) is 7.97. The minimum absolute atomic E-state index is 0.299. The predicted octanol–water partition coefficient (Wildman–Crippen LogP) is 3.74. The molecule has 1 aliphatic rings. The van der Waals surface area contributed by atoms with Gasteiger partial charge in [0.1, 0.15) is 11.5 Å². The topological polar surface area (TPSA) is 84.9 Å². The molecule has 2 aromatic rings. The van der Waals surface area contributed by atoms with Gasteiger partial charge in [-0.25, -0.2) is 4.79 Å². The number of hydrogen-bond acceptors (Lipinski definition) is 5. The van der Waals surface area contributed by atoms with Gasteiger partial charge in [-0.2, -0.15) is 0 Å². The number of nitrogens with one attached hydrogen (secondary N) is 1. The number of ether oxygens (including phenoxy) is 2. The molecule has 4 atom stereocenters.